The molecule has 0 radical (unpaired) electrons. The van der Waals surface area contributed by atoms with Crippen molar-refractivity contribution in [2.45, 2.75) is 6.92 Å². The van der Waals surface area contributed by atoms with E-state index in [1.807, 2.05) is 0 Å². The van der Waals surface area contributed by atoms with Crippen LogP contribution in [0.2, 0.25) is 5.02 Å². The van der Waals surface area contributed by atoms with E-state index in [0.29, 0.717) is 27.7 Å². The lowest BCUT2D eigenvalue weighted by molar-refractivity contribution is 0.832. The zero-order valence-corrected chi connectivity index (χ0v) is 10.1. The van der Waals surface area contributed by atoms with Gasteiger partial charge in [-0.25, -0.2) is 14.6 Å². The maximum Gasteiger partial charge on any atom is 0.268 e. The van der Waals surface area contributed by atoms with Gasteiger partial charge in [-0.05, 0) is 25.1 Å². The Balaban J connectivity index is 2.42. The SMILES string of the molecule is Cc1nc2cc(Cl)ccc2c(=O)n1-c1ncn[nH]1. The number of hydrogen-bond acceptors (Lipinski definition) is 4. The summed E-state index contributed by atoms with van der Waals surface area (Å²) in [5.41, 5.74) is 0.367. The third-order valence-electron chi connectivity index (χ3n) is 2.61. The molecule has 0 aliphatic carbocycles. The average molecular weight is 262 g/mol. The second-order valence-electron chi connectivity index (χ2n) is 3.77. The standard InChI is InChI=1S/C11H8ClN5O/c1-6-15-9-4-7(12)2-3-8(9)10(18)17(6)11-13-5-14-16-11/h2-5H,1H3,(H,13,14,16). The first-order valence-electron chi connectivity index (χ1n) is 5.21. The lowest BCUT2D eigenvalue weighted by Gasteiger charge is -2.07. The van der Waals surface area contributed by atoms with Crippen LogP contribution in [0.1, 0.15) is 5.82 Å². The second-order valence-corrected chi connectivity index (χ2v) is 4.21. The molecule has 0 unspecified atom stereocenters. The van der Waals surface area contributed by atoms with E-state index in [1.54, 1.807) is 25.1 Å². The number of rotatable bonds is 1. The predicted octanol–water partition coefficient (Wildman–Crippen LogP) is 1.47. The van der Waals surface area contributed by atoms with Gasteiger partial charge in [0.25, 0.3) is 5.56 Å². The van der Waals surface area contributed by atoms with E-state index in [-0.39, 0.29) is 5.56 Å². The molecular weight excluding hydrogens is 254 g/mol. The molecule has 0 atom stereocenters. The first-order chi connectivity index (χ1) is 8.66. The van der Waals surface area contributed by atoms with Gasteiger partial charge in [0.2, 0.25) is 5.95 Å². The Labute approximate surface area is 106 Å². The van der Waals surface area contributed by atoms with Gasteiger partial charge in [-0.2, -0.15) is 10.1 Å². The van der Waals surface area contributed by atoms with E-state index in [1.165, 1.54) is 10.9 Å². The quantitative estimate of drug-likeness (QED) is 0.720. The fourth-order valence-electron chi connectivity index (χ4n) is 1.83. The van der Waals surface area contributed by atoms with E-state index >= 15 is 0 Å². The monoisotopic (exact) mass is 261 g/mol. The maximum atomic E-state index is 12.4. The van der Waals surface area contributed by atoms with Crippen LogP contribution in [-0.2, 0) is 0 Å². The third-order valence-corrected chi connectivity index (χ3v) is 2.85. The topological polar surface area (TPSA) is 76.5 Å². The summed E-state index contributed by atoms with van der Waals surface area (Å²) >= 11 is 5.89. The highest BCUT2D eigenvalue weighted by Crippen LogP contribution is 2.15. The highest BCUT2D eigenvalue weighted by molar-refractivity contribution is 6.31. The average Bonchev–Trinajstić information content (AvgIpc) is 2.82. The van der Waals surface area contributed by atoms with Gasteiger partial charge in [0.15, 0.2) is 0 Å². The van der Waals surface area contributed by atoms with E-state index < -0.39 is 0 Å². The Bertz CT molecular complexity index is 778. The number of aromatic nitrogens is 5. The normalized spacial score (nSPS) is 11.0. The van der Waals surface area contributed by atoms with Crippen molar-refractivity contribution in [2.75, 3.05) is 0 Å². The molecule has 2 heterocycles. The molecule has 0 saturated carbocycles. The molecular formula is C11H8ClN5O. The summed E-state index contributed by atoms with van der Waals surface area (Å²) in [5, 5.41) is 7.41. The van der Waals surface area contributed by atoms with Gasteiger partial charge in [-0.1, -0.05) is 11.6 Å². The molecule has 0 bridgehead atoms. The Morgan fingerprint density at radius 2 is 2.22 bits per heavy atom. The van der Waals surface area contributed by atoms with E-state index in [4.69, 9.17) is 11.6 Å². The molecule has 18 heavy (non-hydrogen) atoms. The van der Waals surface area contributed by atoms with Crippen LogP contribution in [0.4, 0.5) is 0 Å². The molecule has 0 aliphatic rings. The van der Waals surface area contributed by atoms with Crippen molar-refractivity contribution in [2.24, 2.45) is 0 Å². The van der Waals surface area contributed by atoms with Crippen molar-refractivity contribution in [3.63, 3.8) is 0 Å². The zero-order chi connectivity index (χ0) is 12.7. The van der Waals surface area contributed by atoms with Gasteiger partial charge >= 0.3 is 0 Å². The summed E-state index contributed by atoms with van der Waals surface area (Å²) in [6.07, 6.45) is 1.34. The van der Waals surface area contributed by atoms with E-state index in [9.17, 15) is 4.79 Å². The number of nitrogens with zero attached hydrogens (tertiary/aromatic N) is 4. The van der Waals surface area contributed by atoms with Crippen LogP contribution in [0, 0.1) is 6.92 Å². The van der Waals surface area contributed by atoms with Crippen LogP contribution in [-0.4, -0.2) is 24.7 Å². The van der Waals surface area contributed by atoms with E-state index in [0.717, 1.165) is 0 Å². The molecule has 0 spiro atoms. The molecule has 90 valence electrons. The van der Waals surface area contributed by atoms with Gasteiger partial charge in [0.05, 0.1) is 10.9 Å². The first kappa shape index (κ1) is 10.9. The van der Waals surface area contributed by atoms with Crippen molar-refractivity contribution in [1.29, 1.82) is 0 Å². The zero-order valence-electron chi connectivity index (χ0n) is 9.38. The summed E-state index contributed by atoms with van der Waals surface area (Å²) in [4.78, 5) is 20.7. The maximum absolute atomic E-state index is 12.4. The minimum Gasteiger partial charge on any atom is -0.268 e. The Morgan fingerprint density at radius 1 is 1.39 bits per heavy atom. The fraction of sp³-hybridized carbons (Fsp3) is 0.0909. The summed E-state index contributed by atoms with van der Waals surface area (Å²) in [6, 6.07) is 4.97. The fourth-order valence-corrected chi connectivity index (χ4v) is 1.99. The molecule has 0 aliphatic heterocycles. The van der Waals surface area contributed by atoms with Crippen molar-refractivity contribution in [3.05, 3.63) is 45.7 Å². The summed E-state index contributed by atoms with van der Waals surface area (Å²) in [7, 11) is 0. The van der Waals surface area contributed by atoms with Gasteiger partial charge in [0, 0.05) is 5.02 Å². The minimum atomic E-state index is -0.203. The van der Waals surface area contributed by atoms with Crippen LogP contribution in [0.25, 0.3) is 16.9 Å². The van der Waals surface area contributed by atoms with Crippen LogP contribution >= 0.6 is 11.6 Å². The van der Waals surface area contributed by atoms with Crippen molar-refractivity contribution < 1.29 is 0 Å². The van der Waals surface area contributed by atoms with E-state index in [2.05, 4.69) is 20.2 Å². The lowest BCUT2D eigenvalue weighted by atomic mass is 10.2. The molecule has 1 N–H and O–H groups in total. The molecule has 2 aromatic heterocycles. The Morgan fingerprint density at radius 3 is 2.94 bits per heavy atom. The lowest BCUT2D eigenvalue weighted by Crippen LogP contribution is -2.23. The number of aryl methyl sites for hydroxylation is 1. The van der Waals surface area contributed by atoms with Crippen molar-refractivity contribution in [1.82, 2.24) is 24.7 Å². The largest absolute Gasteiger partial charge is 0.268 e. The van der Waals surface area contributed by atoms with Crippen molar-refractivity contribution in [3.8, 4) is 5.95 Å². The third kappa shape index (κ3) is 1.58. The number of hydrogen-bond donors (Lipinski definition) is 1. The highest BCUT2D eigenvalue weighted by Gasteiger charge is 2.11. The molecule has 0 amide bonds. The second kappa shape index (κ2) is 3.92. The van der Waals surface area contributed by atoms with Gasteiger partial charge < -0.3 is 0 Å². The summed E-state index contributed by atoms with van der Waals surface area (Å²) < 4.78 is 1.38. The van der Waals surface area contributed by atoms with Gasteiger partial charge in [0.1, 0.15) is 12.2 Å². The molecule has 6 nitrogen and oxygen atoms in total. The first-order valence-corrected chi connectivity index (χ1v) is 5.59. The Kier molecular flexibility index (Phi) is 2.38. The van der Waals surface area contributed by atoms with Gasteiger partial charge in [-0.3, -0.25) is 4.79 Å². The Hall–Kier alpha value is -2.21. The van der Waals surface area contributed by atoms with Crippen LogP contribution in [0.5, 0.6) is 0 Å². The molecule has 3 aromatic rings. The number of fused-ring (bicyclic) bond motifs is 1. The highest BCUT2D eigenvalue weighted by atomic mass is 35.5. The van der Waals surface area contributed by atoms with Crippen LogP contribution < -0.4 is 5.56 Å². The summed E-state index contributed by atoms with van der Waals surface area (Å²) in [6.45, 7) is 1.73. The minimum absolute atomic E-state index is 0.203. The molecule has 0 saturated heterocycles. The van der Waals surface area contributed by atoms with Crippen LogP contribution in [0.15, 0.2) is 29.3 Å². The molecule has 3 rings (SSSR count). The number of benzene rings is 1. The molecule has 0 fully saturated rings. The predicted molar refractivity (Wildman–Crippen MR) is 67.0 cm³/mol. The smallest absolute Gasteiger partial charge is 0.268 e. The molecule has 7 heteroatoms. The number of H-pyrrole nitrogens is 1. The number of aromatic amines is 1. The van der Waals surface area contributed by atoms with Crippen molar-refractivity contribution >= 4 is 22.5 Å². The van der Waals surface area contributed by atoms with Gasteiger partial charge in [-0.15, -0.1) is 0 Å². The molecule has 1 aromatic carbocycles. The summed E-state index contributed by atoms with van der Waals surface area (Å²) in [5.74, 6) is 0.869. The number of nitrogens with one attached hydrogen (secondary N) is 1. The van der Waals surface area contributed by atoms with Crippen LogP contribution in [0.3, 0.4) is 0 Å². The number of halogens is 1.